The van der Waals surface area contributed by atoms with Crippen LogP contribution in [0.5, 0.6) is 0 Å². The lowest BCUT2D eigenvalue weighted by Crippen LogP contribution is -2.37. The molecule has 36 heavy (non-hydrogen) atoms. The van der Waals surface area contributed by atoms with Gasteiger partial charge in [0.25, 0.3) is 6.43 Å². The van der Waals surface area contributed by atoms with Crippen molar-refractivity contribution in [2.75, 3.05) is 38.2 Å². The SMILES string of the molecule is O=C(O)[C@H](CCN(CCCCc1ccc2c(n1)CCCC2)CCOCC(F)F)Nc1ccc(Br)cn1. The van der Waals surface area contributed by atoms with Gasteiger partial charge in [0.2, 0.25) is 0 Å². The van der Waals surface area contributed by atoms with E-state index in [1.165, 1.54) is 24.1 Å². The van der Waals surface area contributed by atoms with Crippen molar-refractivity contribution in [2.24, 2.45) is 0 Å². The quantitative estimate of drug-likeness (QED) is 0.276. The molecule has 198 valence electrons. The molecule has 2 aromatic heterocycles. The summed E-state index contributed by atoms with van der Waals surface area (Å²) in [5.41, 5.74) is 3.73. The number of nitrogens with one attached hydrogen (secondary N) is 1. The molecule has 1 aliphatic carbocycles. The van der Waals surface area contributed by atoms with Crippen LogP contribution in [0.15, 0.2) is 34.9 Å². The second-order valence-corrected chi connectivity index (χ2v) is 9.98. The summed E-state index contributed by atoms with van der Waals surface area (Å²) < 4.78 is 30.7. The van der Waals surface area contributed by atoms with Crippen LogP contribution in [-0.2, 0) is 28.8 Å². The van der Waals surface area contributed by atoms with Crippen molar-refractivity contribution in [1.82, 2.24) is 14.9 Å². The fourth-order valence-corrected chi connectivity index (χ4v) is 4.55. The number of halogens is 3. The minimum absolute atomic E-state index is 0.177. The van der Waals surface area contributed by atoms with Crippen LogP contribution in [0.2, 0.25) is 0 Å². The molecule has 0 aliphatic heterocycles. The molecule has 0 fully saturated rings. The molecule has 10 heteroatoms. The summed E-state index contributed by atoms with van der Waals surface area (Å²) in [6, 6.07) is 7.02. The van der Waals surface area contributed by atoms with E-state index < -0.39 is 25.0 Å². The average molecular weight is 569 g/mol. The van der Waals surface area contributed by atoms with E-state index in [0.29, 0.717) is 25.3 Å². The summed E-state index contributed by atoms with van der Waals surface area (Å²) in [4.78, 5) is 22.9. The van der Waals surface area contributed by atoms with E-state index >= 15 is 0 Å². The molecule has 2 heterocycles. The summed E-state index contributed by atoms with van der Waals surface area (Å²) in [6.07, 6.45) is 6.80. The topological polar surface area (TPSA) is 87.6 Å². The first kappa shape index (κ1) is 28.4. The number of carboxylic acid groups (broad SMARTS) is 1. The standard InChI is InChI=1S/C26H35BrF2N4O3/c27-20-9-11-25(30-17-20)32-23(26(34)35)12-14-33(15-16-36-18-24(28)29)13-4-3-6-21-10-8-19-5-1-2-7-22(19)31-21/h8-11,17,23-24H,1-7,12-16,18H2,(H,30,32)(H,34,35)/t23-/m0/s1. The molecule has 0 radical (unpaired) electrons. The maximum absolute atomic E-state index is 12.4. The van der Waals surface area contributed by atoms with Crippen molar-refractivity contribution < 1.29 is 23.4 Å². The molecule has 1 aliphatic rings. The number of pyridine rings is 2. The fraction of sp³-hybridized carbons (Fsp3) is 0.577. The molecular weight excluding hydrogens is 534 g/mol. The Hall–Kier alpha value is -2.17. The molecule has 3 rings (SSSR count). The minimum atomic E-state index is -2.50. The van der Waals surface area contributed by atoms with Gasteiger partial charge < -0.3 is 20.1 Å². The summed E-state index contributed by atoms with van der Waals surface area (Å²) >= 11 is 3.31. The van der Waals surface area contributed by atoms with Gasteiger partial charge in [-0.15, -0.1) is 0 Å². The summed E-state index contributed by atoms with van der Waals surface area (Å²) in [5.74, 6) is -0.484. The number of ether oxygens (including phenoxy) is 1. The van der Waals surface area contributed by atoms with E-state index in [4.69, 9.17) is 9.72 Å². The van der Waals surface area contributed by atoms with Crippen molar-refractivity contribution in [1.29, 1.82) is 0 Å². The highest BCUT2D eigenvalue weighted by atomic mass is 79.9. The number of aryl methyl sites for hydroxylation is 3. The third-order valence-electron chi connectivity index (χ3n) is 6.27. The molecule has 2 N–H and O–H groups in total. The van der Waals surface area contributed by atoms with E-state index in [1.54, 1.807) is 18.3 Å². The maximum atomic E-state index is 12.4. The highest BCUT2D eigenvalue weighted by Gasteiger charge is 2.19. The summed E-state index contributed by atoms with van der Waals surface area (Å²) in [5, 5.41) is 12.6. The molecule has 0 spiro atoms. The molecule has 1 atom stereocenters. The highest BCUT2D eigenvalue weighted by molar-refractivity contribution is 9.10. The first-order valence-corrected chi connectivity index (χ1v) is 13.4. The predicted octanol–water partition coefficient (Wildman–Crippen LogP) is 4.98. The Morgan fingerprint density at radius 1 is 1.14 bits per heavy atom. The Labute approximate surface area is 219 Å². The van der Waals surface area contributed by atoms with Gasteiger partial charge in [0.1, 0.15) is 18.5 Å². The summed E-state index contributed by atoms with van der Waals surface area (Å²) in [7, 11) is 0. The number of carbonyl (C=O) groups is 1. The Balaban J connectivity index is 1.48. The number of alkyl halides is 2. The Bertz CT molecular complexity index is 949. The van der Waals surface area contributed by atoms with Crippen molar-refractivity contribution in [3.63, 3.8) is 0 Å². The Kier molecular flexibility index (Phi) is 12.0. The number of hydrogen-bond acceptors (Lipinski definition) is 6. The Morgan fingerprint density at radius 3 is 2.72 bits per heavy atom. The number of carboxylic acids is 1. The van der Waals surface area contributed by atoms with Crippen LogP contribution in [0.3, 0.4) is 0 Å². The number of hydrogen-bond donors (Lipinski definition) is 2. The fourth-order valence-electron chi connectivity index (χ4n) is 4.32. The zero-order chi connectivity index (χ0) is 25.8. The lowest BCUT2D eigenvalue weighted by molar-refractivity contribution is -0.138. The van der Waals surface area contributed by atoms with Crippen molar-refractivity contribution in [3.05, 3.63) is 51.9 Å². The zero-order valence-electron chi connectivity index (χ0n) is 20.5. The number of anilines is 1. The normalized spacial score (nSPS) is 14.1. The van der Waals surface area contributed by atoms with Gasteiger partial charge in [0, 0.05) is 35.1 Å². The number of aromatic nitrogens is 2. The molecule has 0 saturated carbocycles. The average Bonchev–Trinajstić information content (AvgIpc) is 2.87. The third-order valence-corrected chi connectivity index (χ3v) is 6.74. The lowest BCUT2D eigenvalue weighted by atomic mass is 9.95. The van der Waals surface area contributed by atoms with E-state index in [0.717, 1.165) is 48.8 Å². The number of unbranched alkanes of at least 4 members (excludes halogenated alkanes) is 1. The van der Waals surface area contributed by atoms with Crippen LogP contribution in [0.4, 0.5) is 14.6 Å². The van der Waals surface area contributed by atoms with Crippen LogP contribution in [-0.4, -0.2) is 71.3 Å². The minimum Gasteiger partial charge on any atom is -0.480 e. The molecular formula is C26H35BrF2N4O3. The number of aliphatic carboxylic acids is 1. The van der Waals surface area contributed by atoms with Crippen molar-refractivity contribution in [2.45, 2.75) is 63.8 Å². The molecule has 0 bridgehead atoms. The van der Waals surface area contributed by atoms with E-state index in [2.05, 4.69) is 43.3 Å². The lowest BCUT2D eigenvalue weighted by Gasteiger charge is -2.24. The third kappa shape index (κ3) is 10.1. The maximum Gasteiger partial charge on any atom is 0.326 e. The van der Waals surface area contributed by atoms with Gasteiger partial charge in [-0.3, -0.25) is 4.98 Å². The van der Waals surface area contributed by atoms with Crippen LogP contribution in [0, 0.1) is 0 Å². The van der Waals surface area contributed by atoms with Gasteiger partial charge >= 0.3 is 5.97 Å². The van der Waals surface area contributed by atoms with Gasteiger partial charge in [-0.25, -0.2) is 18.6 Å². The van der Waals surface area contributed by atoms with E-state index in [-0.39, 0.29) is 6.61 Å². The van der Waals surface area contributed by atoms with Gasteiger partial charge in [-0.05, 0) is 97.6 Å². The second-order valence-electron chi connectivity index (χ2n) is 9.07. The molecule has 0 saturated heterocycles. The molecule has 7 nitrogen and oxygen atoms in total. The van der Waals surface area contributed by atoms with Crippen LogP contribution in [0.1, 0.15) is 49.1 Å². The van der Waals surface area contributed by atoms with Crippen LogP contribution in [0.25, 0.3) is 0 Å². The smallest absolute Gasteiger partial charge is 0.326 e. The number of nitrogens with zero attached hydrogens (tertiary/aromatic N) is 3. The van der Waals surface area contributed by atoms with E-state index in [9.17, 15) is 18.7 Å². The molecule has 2 aromatic rings. The Morgan fingerprint density at radius 2 is 1.97 bits per heavy atom. The van der Waals surface area contributed by atoms with Crippen LogP contribution >= 0.6 is 15.9 Å². The number of fused-ring (bicyclic) bond motifs is 1. The van der Waals surface area contributed by atoms with Crippen molar-refractivity contribution >= 4 is 27.7 Å². The van der Waals surface area contributed by atoms with Crippen molar-refractivity contribution in [3.8, 4) is 0 Å². The summed E-state index contributed by atoms with van der Waals surface area (Å²) in [6.45, 7) is 1.27. The zero-order valence-corrected chi connectivity index (χ0v) is 22.1. The van der Waals surface area contributed by atoms with Crippen LogP contribution < -0.4 is 5.32 Å². The van der Waals surface area contributed by atoms with Gasteiger partial charge in [-0.2, -0.15) is 0 Å². The molecule has 0 amide bonds. The largest absolute Gasteiger partial charge is 0.480 e. The monoisotopic (exact) mass is 568 g/mol. The van der Waals surface area contributed by atoms with Gasteiger partial charge in [0.05, 0.1) is 6.61 Å². The first-order chi connectivity index (χ1) is 17.4. The second kappa shape index (κ2) is 15.2. The van der Waals surface area contributed by atoms with Gasteiger partial charge in [-0.1, -0.05) is 6.07 Å². The molecule has 0 unspecified atom stereocenters. The van der Waals surface area contributed by atoms with E-state index in [1.807, 2.05) is 0 Å². The molecule has 0 aromatic carbocycles. The van der Waals surface area contributed by atoms with Gasteiger partial charge in [0.15, 0.2) is 0 Å². The highest BCUT2D eigenvalue weighted by Crippen LogP contribution is 2.20. The first-order valence-electron chi connectivity index (χ1n) is 12.6. The predicted molar refractivity (Wildman–Crippen MR) is 139 cm³/mol. The number of rotatable bonds is 16.